The number of amides is 1. The molecule has 0 aliphatic carbocycles. The molecule has 1 heterocycles. The van der Waals surface area contributed by atoms with Gasteiger partial charge in [0, 0.05) is 16.7 Å². The minimum absolute atomic E-state index is 0.191. The molecule has 0 radical (unpaired) electrons. The third kappa shape index (κ3) is 5.11. The number of aromatic nitrogens is 2. The molecule has 0 unspecified atom stereocenters. The van der Waals surface area contributed by atoms with Gasteiger partial charge in [-0.25, -0.2) is 0 Å². The van der Waals surface area contributed by atoms with Crippen LogP contribution in [0.4, 0.5) is 11.5 Å². The van der Waals surface area contributed by atoms with Crippen LogP contribution in [0.15, 0.2) is 40.9 Å². The van der Waals surface area contributed by atoms with Gasteiger partial charge in [-0.05, 0) is 48.7 Å². The Labute approximate surface area is 138 Å². The summed E-state index contributed by atoms with van der Waals surface area (Å²) in [6.45, 7) is 4.89. The number of hydrogen-bond acceptors (Lipinski definition) is 4. The van der Waals surface area contributed by atoms with E-state index in [9.17, 15) is 4.79 Å². The number of rotatable bonds is 6. The van der Waals surface area contributed by atoms with Gasteiger partial charge in [0.25, 0.3) is 5.91 Å². The smallest absolute Gasteiger partial charge is 0.271 e. The van der Waals surface area contributed by atoms with Crippen LogP contribution in [0.1, 0.15) is 30.8 Å². The first-order valence-corrected chi connectivity index (χ1v) is 7.98. The van der Waals surface area contributed by atoms with Crippen LogP contribution in [0.3, 0.4) is 0 Å². The van der Waals surface area contributed by atoms with Gasteiger partial charge in [0.05, 0.1) is 0 Å². The second kappa shape index (κ2) is 7.89. The van der Waals surface area contributed by atoms with Gasteiger partial charge in [-0.2, -0.15) is 0 Å². The molecule has 0 saturated carbocycles. The first-order valence-electron chi connectivity index (χ1n) is 7.19. The molecule has 2 N–H and O–H groups in total. The summed E-state index contributed by atoms with van der Waals surface area (Å²) in [6, 6.07) is 11.1. The second-order valence-corrected chi connectivity index (χ2v) is 6.29. The predicted molar refractivity (Wildman–Crippen MR) is 91.2 cm³/mol. The van der Waals surface area contributed by atoms with Crippen LogP contribution in [-0.2, 0) is 0 Å². The molecule has 0 bridgehead atoms. The van der Waals surface area contributed by atoms with Crippen molar-refractivity contribution < 1.29 is 4.79 Å². The molecule has 0 aliphatic heterocycles. The molecule has 0 fully saturated rings. The monoisotopic (exact) mass is 362 g/mol. The molecule has 1 amide bonds. The van der Waals surface area contributed by atoms with Gasteiger partial charge < -0.3 is 10.6 Å². The number of anilines is 2. The van der Waals surface area contributed by atoms with Crippen LogP contribution in [0.25, 0.3) is 0 Å². The van der Waals surface area contributed by atoms with E-state index in [1.807, 2.05) is 24.3 Å². The standard InChI is InChI=1S/C16H19BrN4O/c1-11(2)9-10-18-16(22)14-7-8-15(21-20-14)19-13-5-3-12(17)4-6-13/h3-8,11H,9-10H2,1-2H3,(H,18,22)(H,19,21). The maximum atomic E-state index is 11.9. The van der Waals surface area contributed by atoms with Gasteiger partial charge in [-0.15, -0.1) is 10.2 Å². The highest BCUT2D eigenvalue weighted by Crippen LogP contribution is 2.17. The van der Waals surface area contributed by atoms with Crippen LogP contribution in [0.5, 0.6) is 0 Å². The Hall–Kier alpha value is -1.95. The zero-order chi connectivity index (χ0) is 15.9. The molecule has 5 nitrogen and oxygen atoms in total. The first kappa shape index (κ1) is 16.4. The third-order valence-corrected chi connectivity index (χ3v) is 3.55. The summed E-state index contributed by atoms with van der Waals surface area (Å²) in [4.78, 5) is 11.9. The zero-order valence-electron chi connectivity index (χ0n) is 12.6. The molecule has 6 heteroatoms. The average Bonchev–Trinajstić information content (AvgIpc) is 2.50. The number of carbonyl (C=O) groups is 1. The van der Waals surface area contributed by atoms with Crippen molar-refractivity contribution in [3.8, 4) is 0 Å². The molecular formula is C16H19BrN4O. The Morgan fingerprint density at radius 3 is 2.45 bits per heavy atom. The van der Waals surface area contributed by atoms with Gasteiger partial charge in [0.1, 0.15) is 0 Å². The Kier molecular flexibility index (Phi) is 5.89. The van der Waals surface area contributed by atoms with Gasteiger partial charge in [-0.1, -0.05) is 29.8 Å². The summed E-state index contributed by atoms with van der Waals surface area (Å²) in [6.07, 6.45) is 0.947. The first-order chi connectivity index (χ1) is 10.5. The predicted octanol–water partition coefficient (Wildman–Crippen LogP) is 3.76. The second-order valence-electron chi connectivity index (χ2n) is 5.37. The Morgan fingerprint density at radius 1 is 1.14 bits per heavy atom. The normalized spacial score (nSPS) is 10.5. The average molecular weight is 363 g/mol. The van der Waals surface area contributed by atoms with Crippen molar-refractivity contribution in [1.82, 2.24) is 15.5 Å². The maximum absolute atomic E-state index is 11.9. The Balaban J connectivity index is 1.92. The minimum atomic E-state index is -0.191. The lowest BCUT2D eigenvalue weighted by atomic mass is 10.1. The van der Waals surface area contributed by atoms with Gasteiger partial charge >= 0.3 is 0 Å². The largest absolute Gasteiger partial charge is 0.351 e. The number of nitrogens with one attached hydrogen (secondary N) is 2. The lowest BCUT2D eigenvalue weighted by Gasteiger charge is -2.07. The van der Waals surface area contributed by atoms with Crippen LogP contribution in [-0.4, -0.2) is 22.6 Å². The SMILES string of the molecule is CC(C)CCNC(=O)c1ccc(Nc2ccc(Br)cc2)nn1. The van der Waals surface area contributed by atoms with Gasteiger partial charge in [0.15, 0.2) is 11.5 Å². The quantitative estimate of drug-likeness (QED) is 0.820. The van der Waals surface area contributed by atoms with Gasteiger partial charge in [0.2, 0.25) is 0 Å². The van der Waals surface area contributed by atoms with E-state index in [-0.39, 0.29) is 5.91 Å². The molecule has 0 atom stereocenters. The highest BCUT2D eigenvalue weighted by molar-refractivity contribution is 9.10. The van der Waals surface area contributed by atoms with E-state index >= 15 is 0 Å². The number of benzene rings is 1. The van der Waals surface area contributed by atoms with E-state index in [0.29, 0.717) is 24.0 Å². The van der Waals surface area contributed by atoms with Gasteiger partial charge in [-0.3, -0.25) is 4.79 Å². The molecule has 22 heavy (non-hydrogen) atoms. The van der Waals surface area contributed by atoms with Crippen molar-refractivity contribution in [1.29, 1.82) is 0 Å². The summed E-state index contributed by atoms with van der Waals surface area (Å²) in [5, 5.41) is 14.0. The molecule has 0 aliphatic rings. The molecule has 0 spiro atoms. The van der Waals surface area contributed by atoms with Crippen LogP contribution < -0.4 is 10.6 Å². The fourth-order valence-corrected chi connectivity index (χ4v) is 2.03. The van der Waals surface area contributed by atoms with E-state index in [1.54, 1.807) is 12.1 Å². The molecule has 1 aromatic heterocycles. The molecular weight excluding hydrogens is 344 g/mol. The Bertz CT molecular complexity index is 611. The number of hydrogen-bond donors (Lipinski definition) is 2. The fourth-order valence-electron chi connectivity index (χ4n) is 1.77. The summed E-state index contributed by atoms with van der Waals surface area (Å²) in [5.74, 6) is 0.966. The molecule has 2 aromatic rings. The minimum Gasteiger partial charge on any atom is -0.351 e. The topological polar surface area (TPSA) is 66.9 Å². The molecule has 116 valence electrons. The van der Waals surface area contributed by atoms with E-state index in [4.69, 9.17) is 0 Å². The van der Waals surface area contributed by atoms with Crippen molar-refractivity contribution in [2.75, 3.05) is 11.9 Å². The summed E-state index contributed by atoms with van der Waals surface area (Å²) >= 11 is 3.39. The Morgan fingerprint density at radius 2 is 1.86 bits per heavy atom. The van der Waals surface area contributed by atoms with Crippen LogP contribution in [0, 0.1) is 5.92 Å². The number of carbonyl (C=O) groups excluding carboxylic acids is 1. The van der Waals surface area contributed by atoms with Crippen molar-refractivity contribution in [3.05, 3.63) is 46.6 Å². The van der Waals surface area contributed by atoms with Crippen molar-refractivity contribution >= 4 is 33.3 Å². The summed E-state index contributed by atoms with van der Waals surface area (Å²) < 4.78 is 1.01. The highest BCUT2D eigenvalue weighted by Gasteiger charge is 2.08. The van der Waals surface area contributed by atoms with E-state index in [1.165, 1.54) is 0 Å². The zero-order valence-corrected chi connectivity index (χ0v) is 14.2. The van der Waals surface area contributed by atoms with Crippen molar-refractivity contribution in [3.63, 3.8) is 0 Å². The third-order valence-electron chi connectivity index (χ3n) is 3.02. The van der Waals surface area contributed by atoms with Crippen LogP contribution in [0.2, 0.25) is 0 Å². The summed E-state index contributed by atoms with van der Waals surface area (Å²) in [5.41, 5.74) is 1.23. The lowest BCUT2D eigenvalue weighted by molar-refractivity contribution is 0.0946. The number of nitrogens with zero attached hydrogens (tertiary/aromatic N) is 2. The van der Waals surface area contributed by atoms with Crippen molar-refractivity contribution in [2.24, 2.45) is 5.92 Å². The van der Waals surface area contributed by atoms with E-state index in [0.717, 1.165) is 16.6 Å². The molecule has 2 rings (SSSR count). The maximum Gasteiger partial charge on any atom is 0.271 e. The number of halogens is 1. The van der Waals surface area contributed by atoms with E-state index < -0.39 is 0 Å². The molecule has 1 aromatic carbocycles. The molecule has 0 saturated heterocycles. The van der Waals surface area contributed by atoms with E-state index in [2.05, 4.69) is 50.6 Å². The highest BCUT2D eigenvalue weighted by atomic mass is 79.9. The fraction of sp³-hybridized carbons (Fsp3) is 0.312. The summed E-state index contributed by atoms with van der Waals surface area (Å²) in [7, 11) is 0. The van der Waals surface area contributed by atoms with Crippen molar-refractivity contribution in [2.45, 2.75) is 20.3 Å². The lowest BCUT2D eigenvalue weighted by Crippen LogP contribution is -2.26. The van der Waals surface area contributed by atoms with Crippen LogP contribution >= 0.6 is 15.9 Å².